The van der Waals surface area contributed by atoms with Crippen molar-refractivity contribution in [1.29, 1.82) is 0 Å². The van der Waals surface area contributed by atoms with Gasteiger partial charge in [0.1, 0.15) is 5.65 Å². The maximum absolute atomic E-state index is 5.08. The summed E-state index contributed by atoms with van der Waals surface area (Å²) in [6.07, 6.45) is 14.2. The molecule has 32 heavy (non-hydrogen) atoms. The predicted octanol–water partition coefficient (Wildman–Crippen LogP) is 5.99. The molecule has 0 bridgehead atoms. The summed E-state index contributed by atoms with van der Waals surface area (Å²) in [7, 11) is 0. The third-order valence-corrected chi connectivity index (χ3v) is 6.00. The minimum atomic E-state index is 0.857. The number of nitrogens with one attached hydrogen (secondary N) is 1. The molecule has 2 aromatic heterocycles. The maximum atomic E-state index is 5.08. The van der Waals surface area contributed by atoms with Crippen LogP contribution < -0.4 is 5.32 Å². The summed E-state index contributed by atoms with van der Waals surface area (Å²) in [5, 5.41) is 3.24. The van der Waals surface area contributed by atoms with Crippen molar-refractivity contribution in [2.45, 2.75) is 39.7 Å². The largest absolute Gasteiger partial charge is 0.390 e. The van der Waals surface area contributed by atoms with Crippen LogP contribution in [0.15, 0.2) is 73.6 Å². The van der Waals surface area contributed by atoms with E-state index in [1.807, 2.05) is 0 Å². The zero-order chi connectivity index (χ0) is 22.3. The lowest BCUT2D eigenvalue weighted by atomic mass is 10.0. The first kappa shape index (κ1) is 22.1. The van der Waals surface area contributed by atoms with Crippen molar-refractivity contribution >= 4 is 11.2 Å². The van der Waals surface area contributed by atoms with E-state index in [0.29, 0.717) is 0 Å². The van der Waals surface area contributed by atoms with Crippen LogP contribution in [0.3, 0.4) is 0 Å². The lowest BCUT2D eigenvalue weighted by Crippen LogP contribution is -2.31. The summed E-state index contributed by atoms with van der Waals surface area (Å²) in [5.74, 6) is 0. The monoisotopic (exact) mass is 426 g/mol. The lowest BCUT2D eigenvalue weighted by molar-refractivity contribution is 0.265. The average Bonchev–Trinajstić information content (AvgIpc) is 3.18. The van der Waals surface area contributed by atoms with Gasteiger partial charge in [-0.05, 0) is 62.2 Å². The van der Waals surface area contributed by atoms with Gasteiger partial charge in [0.05, 0.1) is 11.4 Å². The third-order valence-electron chi connectivity index (χ3n) is 6.00. The van der Waals surface area contributed by atoms with Gasteiger partial charge in [-0.2, -0.15) is 0 Å². The Morgan fingerprint density at radius 2 is 1.91 bits per heavy atom. The number of fused-ring (bicyclic) bond motifs is 1. The number of rotatable bonds is 10. The van der Waals surface area contributed by atoms with E-state index in [4.69, 9.17) is 4.98 Å². The van der Waals surface area contributed by atoms with Crippen LogP contribution in [-0.2, 0) is 6.54 Å². The van der Waals surface area contributed by atoms with Gasteiger partial charge in [0.2, 0.25) is 0 Å². The molecule has 4 heteroatoms. The van der Waals surface area contributed by atoms with Gasteiger partial charge in [0, 0.05) is 31.4 Å². The number of hydrogen-bond donors (Lipinski definition) is 1. The molecule has 0 aliphatic heterocycles. The van der Waals surface area contributed by atoms with E-state index in [9.17, 15) is 0 Å². The van der Waals surface area contributed by atoms with Gasteiger partial charge < -0.3 is 9.72 Å². The van der Waals surface area contributed by atoms with Crippen molar-refractivity contribution in [2.24, 2.45) is 0 Å². The molecule has 0 fully saturated rings. The molecule has 4 nitrogen and oxygen atoms in total. The molecule has 1 aliphatic rings. The summed E-state index contributed by atoms with van der Waals surface area (Å²) in [6, 6.07) is 13.1. The Morgan fingerprint density at radius 1 is 1.09 bits per heavy atom. The van der Waals surface area contributed by atoms with Gasteiger partial charge >= 0.3 is 0 Å². The van der Waals surface area contributed by atoms with E-state index in [0.717, 1.165) is 56.8 Å². The van der Waals surface area contributed by atoms with Crippen LogP contribution in [0.25, 0.3) is 22.5 Å². The second-order valence-electron chi connectivity index (χ2n) is 8.49. The van der Waals surface area contributed by atoms with Gasteiger partial charge in [-0.15, -0.1) is 0 Å². The molecule has 0 atom stereocenters. The van der Waals surface area contributed by atoms with E-state index in [-0.39, 0.29) is 0 Å². The molecule has 1 N–H and O–H groups in total. The molecule has 166 valence electrons. The summed E-state index contributed by atoms with van der Waals surface area (Å²) >= 11 is 0. The lowest BCUT2D eigenvalue weighted by Gasteiger charge is -2.22. The van der Waals surface area contributed by atoms with Gasteiger partial charge in [0.25, 0.3) is 0 Å². The molecule has 1 aliphatic carbocycles. The van der Waals surface area contributed by atoms with Crippen LogP contribution in [0, 0.1) is 6.92 Å². The van der Waals surface area contributed by atoms with Crippen LogP contribution >= 0.6 is 0 Å². The second kappa shape index (κ2) is 10.5. The minimum Gasteiger partial charge on any atom is -0.390 e. The summed E-state index contributed by atoms with van der Waals surface area (Å²) in [6.45, 7) is 11.9. The molecular weight excluding hydrogens is 392 g/mol. The van der Waals surface area contributed by atoms with Crippen molar-refractivity contribution in [1.82, 2.24) is 19.6 Å². The van der Waals surface area contributed by atoms with Gasteiger partial charge in [-0.3, -0.25) is 4.90 Å². The number of pyridine rings is 1. The van der Waals surface area contributed by atoms with E-state index in [2.05, 4.69) is 95.9 Å². The van der Waals surface area contributed by atoms with E-state index >= 15 is 0 Å². The molecule has 0 radical (unpaired) electrons. The van der Waals surface area contributed by atoms with Gasteiger partial charge in [0.15, 0.2) is 0 Å². The van der Waals surface area contributed by atoms with Crippen LogP contribution in [0.2, 0.25) is 0 Å². The van der Waals surface area contributed by atoms with Gasteiger partial charge in [-0.1, -0.05) is 61.6 Å². The standard InChI is InChI=1S/C28H34N4/c1-4-18-31(19-17-29-5-2)21-26-28(24-13-11-22(3)12-14-24)30-27-16-15-25(20-32(26)27)23-9-7-6-8-10-23/h5,7,9-16,20,29H,2,4,6,8,17-19,21H2,1,3H3. The first-order valence-electron chi connectivity index (χ1n) is 11.7. The van der Waals surface area contributed by atoms with Crippen molar-refractivity contribution in [3.63, 3.8) is 0 Å². The number of hydrogen-bond acceptors (Lipinski definition) is 3. The fourth-order valence-electron chi connectivity index (χ4n) is 4.31. The van der Waals surface area contributed by atoms with Crippen molar-refractivity contribution in [3.05, 3.63) is 90.4 Å². The predicted molar refractivity (Wildman–Crippen MR) is 135 cm³/mol. The Bertz CT molecular complexity index is 1120. The quantitative estimate of drug-likeness (QED) is 0.404. The maximum Gasteiger partial charge on any atom is 0.137 e. The zero-order valence-corrected chi connectivity index (χ0v) is 19.3. The fourth-order valence-corrected chi connectivity index (χ4v) is 4.31. The molecule has 0 spiro atoms. The molecule has 4 rings (SSSR count). The summed E-state index contributed by atoms with van der Waals surface area (Å²) in [4.78, 5) is 7.58. The topological polar surface area (TPSA) is 32.6 Å². The smallest absolute Gasteiger partial charge is 0.137 e. The fraction of sp³-hybridized carbons (Fsp3) is 0.321. The molecule has 0 unspecified atom stereocenters. The van der Waals surface area contributed by atoms with Crippen LogP contribution in [0.5, 0.6) is 0 Å². The van der Waals surface area contributed by atoms with E-state index in [1.165, 1.54) is 28.0 Å². The SMILES string of the molecule is C=CNCCN(CCC)Cc1c(-c2ccc(C)cc2)nc2ccc(C3=CCCC=C3)cn12. The van der Waals surface area contributed by atoms with Crippen molar-refractivity contribution in [2.75, 3.05) is 19.6 Å². The number of aromatic nitrogens is 2. The Morgan fingerprint density at radius 3 is 2.62 bits per heavy atom. The Balaban J connectivity index is 1.78. The first-order valence-corrected chi connectivity index (χ1v) is 11.7. The van der Waals surface area contributed by atoms with Crippen LogP contribution in [-0.4, -0.2) is 33.9 Å². The van der Waals surface area contributed by atoms with Crippen LogP contribution in [0.1, 0.15) is 43.0 Å². The van der Waals surface area contributed by atoms with Gasteiger partial charge in [-0.25, -0.2) is 4.98 Å². The second-order valence-corrected chi connectivity index (χ2v) is 8.49. The van der Waals surface area contributed by atoms with E-state index < -0.39 is 0 Å². The molecule has 0 amide bonds. The minimum absolute atomic E-state index is 0.857. The van der Waals surface area contributed by atoms with Crippen LogP contribution in [0.4, 0.5) is 0 Å². The third kappa shape index (κ3) is 5.03. The number of aryl methyl sites for hydroxylation is 1. The number of nitrogens with zero attached hydrogens (tertiary/aromatic N) is 3. The highest BCUT2D eigenvalue weighted by atomic mass is 15.2. The molecule has 0 saturated carbocycles. The molecule has 3 aromatic rings. The van der Waals surface area contributed by atoms with Crippen molar-refractivity contribution in [3.8, 4) is 11.3 Å². The summed E-state index contributed by atoms with van der Waals surface area (Å²) < 4.78 is 2.30. The highest BCUT2D eigenvalue weighted by Crippen LogP contribution is 2.29. The first-order chi connectivity index (χ1) is 15.7. The molecule has 2 heterocycles. The Labute approximate surface area is 192 Å². The number of benzene rings is 1. The normalized spacial score (nSPS) is 13.5. The number of allylic oxidation sites excluding steroid dienone is 4. The summed E-state index contributed by atoms with van der Waals surface area (Å²) in [5.41, 5.74) is 8.31. The average molecular weight is 427 g/mol. The van der Waals surface area contributed by atoms with Crippen molar-refractivity contribution < 1.29 is 0 Å². The Hall–Kier alpha value is -3.11. The molecular formula is C28H34N4. The highest BCUT2D eigenvalue weighted by Gasteiger charge is 2.18. The Kier molecular flexibility index (Phi) is 7.23. The van der Waals surface area contributed by atoms with E-state index in [1.54, 1.807) is 6.20 Å². The molecule has 1 aromatic carbocycles. The highest BCUT2D eigenvalue weighted by molar-refractivity contribution is 5.76. The zero-order valence-electron chi connectivity index (χ0n) is 19.3. The molecule has 0 saturated heterocycles. The number of imidazole rings is 1.